The van der Waals surface area contributed by atoms with Gasteiger partial charge in [0.1, 0.15) is 13.3 Å². The lowest BCUT2D eigenvalue weighted by atomic mass is 10.2. The van der Waals surface area contributed by atoms with E-state index in [0.717, 1.165) is 0 Å². The van der Waals surface area contributed by atoms with Crippen LogP contribution in [0.2, 0.25) is 0 Å². The zero-order valence-corrected chi connectivity index (χ0v) is 8.93. The third kappa shape index (κ3) is 6.60. The first-order chi connectivity index (χ1) is 6.37. The van der Waals surface area contributed by atoms with Gasteiger partial charge < -0.3 is 9.47 Å². The van der Waals surface area contributed by atoms with Crippen LogP contribution in [-0.2, 0) is 14.3 Å². The Morgan fingerprint density at radius 3 is 2.36 bits per heavy atom. The average molecular weight is 204 g/mol. The number of hydrogen-bond acceptors (Lipinski definition) is 3. The van der Waals surface area contributed by atoms with Crippen molar-refractivity contribution in [1.82, 2.24) is 0 Å². The highest BCUT2D eigenvalue weighted by molar-refractivity contribution is 5.87. The largest absolute Gasteiger partial charge is 0.460 e. The van der Waals surface area contributed by atoms with Crippen molar-refractivity contribution < 1.29 is 18.7 Å². The molecule has 0 rings (SSSR count). The molecule has 14 heavy (non-hydrogen) atoms. The second-order valence-corrected chi connectivity index (χ2v) is 3.83. The minimum Gasteiger partial charge on any atom is -0.460 e. The SMILES string of the molecule is C=C(CF)C(=O)OCCOC(C)(C)C. The Balaban J connectivity index is 3.56. The maximum Gasteiger partial charge on any atom is 0.336 e. The predicted molar refractivity (Wildman–Crippen MR) is 51.8 cm³/mol. The van der Waals surface area contributed by atoms with Gasteiger partial charge in [-0.05, 0) is 20.8 Å². The maximum absolute atomic E-state index is 11.9. The molecule has 0 aliphatic rings. The van der Waals surface area contributed by atoms with Crippen LogP contribution < -0.4 is 0 Å². The fourth-order valence-electron chi connectivity index (χ4n) is 0.639. The van der Waals surface area contributed by atoms with Gasteiger partial charge in [-0.2, -0.15) is 0 Å². The van der Waals surface area contributed by atoms with Crippen molar-refractivity contribution in [2.75, 3.05) is 19.9 Å². The van der Waals surface area contributed by atoms with Gasteiger partial charge in [0.2, 0.25) is 0 Å². The quantitative estimate of drug-likeness (QED) is 0.389. The zero-order chi connectivity index (χ0) is 11.2. The summed E-state index contributed by atoms with van der Waals surface area (Å²) in [5.41, 5.74) is -0.426. The molecule has 0 unspecified atom stereocenters. The normalized spacial score (nSPS) is 11.1. The molecule has 0 aliphatic heterocycles. The lowest BCUT2D eigenvalue weighted by molar-refractivity contribution is -0.142. The molecule has 0 spiro atoms. The van der Waals surface area contributed by atoms with E-state index in [-0.39, 0.29) is 17.8 Å². The first-order valence-corrected chi connectivity index (χ1v) is 4.41. The van der Waals surface area contributed by atoms with E-state index in [9.17, 15) is 9.18 Å². The highest BCUT2D eigenvalue weighted by Crippen LogP contribution is 2.05. The average Bonchev–Trinajstić information content (AvgIpc) is 2.09. The molecule has 0 saturated heterocycles. The smallest absolute Gasteiger partial charge is 0.336 e. The van der Waals surface area contributed by atoms with Gasteiger partial charge in [0.25, 0.3) is 0 Å². The van der Waals surface area contributed by atoms with E-state index >= 15 is 0 Å². The van der Waals surface area contributed by atoms with Crippen LogP contribution in [0, 0.1) is 0 Å². The monoisotopic (exact) mass is 204 g/mol. The van der Waals surface area contributed by atoms with Crippen LogP contribution in [0.5, 0.6) is 0 Å². The second-order valence-electron chi connectivity index (χ2n) is 3.83. The number of carbonyl (C=O) groups excluding carboxylic acids is 1. The summed E-state index contributed by atoms with van der Waals surface area (Å²) in [5, 5.41) is 0. The zero-order valence-electron chi connectivity index (χ0n) is 8.93. The molecular formula is C10H17FO3. The molecule has 0 aliphatic carbocycles. The summed E-state index contributed by atoms with van der Waals surface area (Å²) >= 11 is 0. The van der Waals surface area contributed by atoms with Crippen molar-refractivity contribution in [3.05, 3.63) is 12.2 Å². The molecule has 0 radical (unpaired) electrons. The molecule has 0 aromatic carbocycles. The molecule has 0 fully saturated rings. The lowest BCUT2D eigenvalue weighted by Gasteiger charge is -2.19. The summed E-state index contributed by atoms with van der Waals surface area (Å²) in [6.07, 6.45) is 0. The number of hydrogen-bond donors (Lipinski definition) is 0. The van der Waals surface area contributed by atoms with Crippen molar-refractivity contribution in [1.29, 1.82) is 0 Å². The highest BCUT2D eigenvalue weighted by Gasteiger charge is 2.11. The number of ether oxygens (including phenoxy) is 2. The summed E-state index contributed by atoms with van der Waals surface area (Å²) in [7, 11) is 0. The molecular weight excluding hydrogens is 187 g/mol. The van der Waals surface area contributed by atoms with Crippen LogP contribution in [0.15, 0.2) is 12.2 Å². The van der Waals surface area contributed by atoms with Crippen LogP contribution in [0.4, 0.5) is 4.39 Å². The molecule has 0 bridgehead atoms. The molecule has 0 aromatic rings. The van der Waals surface area contributed by atoms with Crippen LogP contribution in [0.25, 0.3) is 0 Å². The van der Waals surface area contributed by atoms with E-state index in [1.807, 2.05) is 20.8 Å². The van der Waals surface area contributed by atoms with Gasteiger partial charge >= 0.3 is 5.97 Å². The molecule has 0 atom stereocenters. The van der Waals surface area contributed by atoms with Gasteiger partial charge in [-0.25, -0.2) is 9.18 Å². The van der Waals surface area contributed by atoms with E-state index in [1.54, 1.807) is 0 Å². The number of halogens is 1. The van der Waals surface area contributed by atoms with Crippen LogP contribution in [0.3, 0.4) is 0 Å². The molecule has 0 saturated carbocycles. The summed E-state index contributed by atoms with van der Waals surface area (Å²) in [4.78, 5) is 10.9. The van der Waals surface area contributed by atoms with Gasteiger partial charge in [0.15, 0.2) is 0 Å². The van der Waals surface area contributed by atoms with Crippen molar-refractivity contribution in [2.45, 2.75) is 26.4 Å². The van der Waals surface area contributed by atoms with E-state index in [4.69, 9.17) is 4.74 Å². The Morgan fingerprint density at radius 2 is 1.93 bits per heavy atom. The minimum atomic E-state index is -0.876. The predicted octanol–water partition coefficient (Wildman–Crippen LogP) is 1.87. The standard InChI is InChI=1S/C10H17FO3/c1-8(7-11)9(12)13-5-6-14-10(2,3)4/h1,5-7H2,2-4H3. The lowest BCUT2D eigenvalue weighted by Crippen LogP contribution is -2.23. The van der Waals surface area contributed by atoms with Crippen molar-refractivity contribution in [3.63, 3.8) is 0 Å². The number of esters is 1. The molecule has 3 nitrogen and oxygen atoms in total. The Morgan fingerprint density at radius 1 is 1.36 bits per heavy atom. The highest BCUT2D eigenvalue weighted by atomic mass is 19.1. The minimum absolute atomic E-state index is 0.120. The Kier molecular flexibility index (Phi) is 5.38. The fourth-order valence-corrected chi connectivity index (χ4v) is 0.639. The fraction of sp³-hybridized carbons (Fsp3) is 0.700. The Hall–Kier alpha value is -0.900. The molecule has 0 aromatic heterocycles. The van der Waals surface area contributed by atoms with E-state index in [2.05, 4.69) is 11.3 Å². The van der Waals surface area contributed by atoms with Crippen molar-refractivity contribution in [2.24, 2.45) is 0 Å². The summed E-state index contributed by atoms with van der Waals surface area (Å²) in [5.74, 6) is -0.704. The molecule has 0 heterocycles. The molecule has 82 valence electrons. The van der Waals surface area contributed by atoms with Crippen LogP contribution in [-0.4, -0.2) is 31.5 Å². The summed E-state index contributed by atoms with van der Waals surface area (Å²) < 4.78 is 21.9. The van der Waals surface area contributed by atoms with Gasteiger partial charge in [0, 0.05) is 0 Å². The van der Waals surface area contributed by atoms with E-state index < -0.39 is 12.6 Å². The van der Waals surface area contributed by atoms with E-state index in [1.165, 1.54) is 0 Å². The number of rotatable bonds is 5. The molecule has 0 N–H and O–H groups in total. The maximum atomic E-state index is 11.9. The van der Waals surface area contributed by atoms with Crippen LogP contribution >= 0.6 is 0 Å². The number of alkyl halides is 1. The third-order valence-electron chi connectivity index (χ3n) is 1.30. The molecule has 0 amide bonds. The van der Waals surface area contributed by atoms with Gasteiger partial charge in [-0.15, -0.1) is 0 Å². The Bertz CT molecular complexity index is 206. The first-order valence-electron chi connectivity index (χ1n) is 4.41. The first kappa shape index (κ1) is 13.1. The van der Waals surface area contributed by atoms with E-state index in [0.29, 0.717) is 6.61 Å². The topological polar surface area (TPSA) is 35.5 Å². The molecule has 4 heteroatoms. The third-order valence-corrected chi connectivity index (χ3v) is 1.30. The summed E-state index contributed by atoms with van der Waals surface area (Å²) in [6.45, 7) is 8.45. The summed E-state index contributed by atoms with van der Waals surface area (Å²) in [6, 6.07) is 0. The van der Waals surface area contributed by atoms with Gasteiger partial charge in [0.05, 0.1) is 17.8 Å². The number of carbonyl (C=O) groups is 1. The second kappa shape index (κ2) is 5.75. The Labute approximate surface area is 83.9 Å². The van der Waals surface area contributed by atoms with Crippen molar-refractivity contribution in [3.8, 4) is 0 Å². The van der Waals surface area contributed by atoms with Crippen molar-refractivity contribution >= 4 is 5.97 Å². The van der Waals surface area contributed by atoms with Crippen LogP contribution in [0.1, 0.15) is 20.8 Å². The van der Waals surface area contributed by atoms with Gasteiger partial charge in [-0.1, -0.05) is 6.58 Å². The van der Waals surface area contributed by atoms with Gasteiger partial charge in [-0.3, -0.25) is 0 Å².